The van der Waals surface area contributed by atoms with Gasteiger partial charge in [0.05, 0.1) is 0 Å². The largest absolute Gasteiger partial charge is 0.433 e. The molecule has 0 aromatic carbocycles. The fraction of sp³-hybridized carbons (Fsp3) is 0.375. The van der Waals surface area contributed by atoms with Crippen LogP contribution in [-0.4, -0.2) is 4.98 Å². The van der Waals surface area contributed by atoms with Gasteiger partial charge in [-0.1, -0.05) is 0 Å². The zero-order valence-corrected chi connectivity index (χ0v) is 9.53. The first kappa shape index (κ1) is 12.6. The number of rotatable bonds is 1. The predicted molar refractivity (Wildman–Crippen MR) is 51.7 cm³/mol. The third-order valence-corrected chi connectivity index (χ3v) is 2.56. The first-order valence-electron chi connectivity index (χ1n) is 3.76. The van der Waals surface area contributed by atoms with E-state index in [1.54, 1.807) is 0 Å². The molecule has 0 fully saturated rings. The Labute approximate surface area is 95.8 Å². The minimum atomic E-state index is -4.61. The zero-order valence-electron chi connectivity index (χ0n) is 7.37. The van der Waals surface area contributed by atoms with Gasteiger partial charge in [-0.25, -0.2) is 13.8 Å². The van der Waals surface area contributed by atoms with Gasteiger partial charge in [-0.05, 0) is 41.1 Å². The van der Waals surface area contributed by atoms with Crippen LogP contribution in [0.15, 0.2) is 6.07 Å². The Morgan fingerprint density at radius 3 is 2.27 bits per heavy atom. The minimum absolute atomic E-state index is 0.293. The number of hydrogen-bond acceptors (Lipinski definition) is 1. The molecular weight excluding hydrogens is 332 g/mol. The van der Waals surface area contributed by atoms with Crippen molar-refractivity contribution in [3.63, 3.8) is 0 Å². The zero-order chi connectivity index (χ0) is 11.8. The third-order valence-electron chi connectivity index (χ3n) is 1.70. The van der Waals surface area contributed by atoms with E-state index < -0.39 is 23.9 Å². The van der Waals surface area contributed by atoms with Crippen molar-refractivity contribution < 1.29 is 22.0 Å². The summed E-state index contributed by atoms with van der Waals surface area (Å²) in [5.41, 5.74) is -1.88. The molecule has 0 N–H and O–H groups in total. The summed E-state index contributed by atoms with van der Waals surface area (Å²) >= 11 is 1.37. The van der Waals surface area contributed by atoms with E-state index in [1.165, 1.54) is 22.6 Å². The van der Waals surface area contributed by atoms with E-state index in [1.807, 2.05) is 0 Å². The van der Waals surface area contributed by atoms with Gasteiger partial charge < -0.3 is 0 Å². The fourth-order valence-corrected chi connectivity index (χ4v) is 1.68. The average molecular weight is 337 g/mol. The third kappa shape index (κ3) is 2.76. The van der Waals surface area contributed by atoms with Crippen LogP contribution in [0.4, 0.5) is 22.0 Å². The summed E-state index contributed by atoms with van der Waals surface area (Å²) in [6.45, 7) is 1.11. The summed E-state index contributed by atoms with van der Waals surface area (Å²) in [6.07, 6.45) is -7.42. The van der Waals surface area contributed by atoms with Gasteiger partial charge in [0.25, 0.3) is 6.43 Å². The van der Waals surface area contributed by atoms with Crippen LogP contribution in [-0.2, 0) is 6.18 Å². The lowest BCUT2D eigenvalue weighted by atomic mass is 10.1. The van der Waals surface area contributed by atoms with E-state index in [0.29, 0.717) is 0 Å². The molecule has 1 rings (SSSR count). The number of aromatic nitrogens is 1. The van der Waals surface area contributed by atoms with E-state index in [0.717, 1.165) is 13.0 Å². The number of hydrogen-bond donors (Lipinski definition) is 0. The number of halogens is 6. The molecule has 7 heteroatoms. The van der Waals surface area contributed by atoms with Gasteiger partial charge in [-0.3, -0.25) is 0 Å². The Bertz CT molecular complexity index is 374. The molecule has 15 heavy (non-hydrogen) atoms. The lowest BCUT2D eigenvalue weighted by Gasteiger charge is -2.11. The average Bonchev–Trinajstić information content (AvgIpc) is 2.06. The molecule has 0 saturated carbocycles. The smallest absolute Gasteiger partial charge is 0.237 e. The van der Waals surface area contributed by atoms with Crippen molar-refractivity contribution in [2.75, 3.05) is 0 Å². The van der Waals surface area contributed by atoms with Crippen LogP contribution in [0.5, 0.6) is 0 Å². The highest BCUT2D eigenvalue weighted by molar-refractivity contribution is 14.1. The molecule has 0 unspecified atom stereocenters. The van der Waals surface area contributed by atoms with E-state index in [4.69, 9.17) is 0 Å². The molecule has 0 atom stereocenters. The molecule has 1 aromatic heterocycles. The Balaban J connectivity index is 3.32. The highest BCUT2D eigenvalue weighted by atomic mass is 127. The summed E-state index contributed by atoms with van der Waals surface area (Å²) in [5, 5.41) is 0. The van der Waals surface area contributed by atoms with Crippen molar-refractivity contribution in [1.29, 1.82) is 0 Å². The van der Waals surface area contributed by atoms with Crippen molar-refractivity contribution in [2.45, 2.75) is 19.5 Å². The summed E-state index contributed by atoms with van der Waals surface area (Å²) in [4.78, 5) is 3.15. The summed E-state index contributed by atoms with van der Waals surface area (Å²) < 4.78 is 61.2. The number of pyridine rings is 1. The first-order valence-corrected chi connectivity index (χ1v) is 4.83. The van der Waals surface area contributed by atoms with Crippen LogP contribution in [0.2, 0.25) is 0 Å². The lowest BCUT2D eigenvalue weighted by Crippen LogP contribution is -2.12. The number of aryl methyl sites for hydroxylation is 1. The van der Waals surface area contributed by atoms with Crippen LogP contribution in [0, 0.1) is 10.6 Å². The maximum Gasteiger partial charge on any atom is 0.433 e. The molecule has 1 aromatic rings. The van der Waals surface area contributed by atoms with Crippen LogP contribution >= 0.6 is 22.6 Å². The molecule has 84 valence electrons. The molecule has 0 aliphatic rings. The fourth-order valence-electron chi connectivity index (χ4n) is 1.05. The van der Waals surface area contributed by atoms with Gasteiger partial charge in [0.2, 0.25) is 0 Å². The SMILES string of the molecule is Cc1cc(C(F)F)c(I)nc1C(F)(F)F. The maximum atomic E-state index is 12.3. The second-order valence-electron chi connectivity index (χ2n) is 2.83. The number of alkyl halides is 5. The van der Waals surface area contributed by atoms with Crippen LogP contribution in [0.25, 0.3) is 0 Å². The predicted octanol–water partition coefficient (Wildman–Crippen LogP) is 3.95. The van der Waals surface area contributed by atoms with Crippen molar-refractivity contribution in [1.82, 2.24) is 4.98 Å². The normalized spacial score (nSPS) is 12.3. The van der Waals surface area contributed by atoms with Gasteiger partial charge in [0.1, 0.15) is 9.39 Å². The Hall–Kier alpha value is -0.470. The summed E-state index contributed by atoms with van der Waals surface area (Å²) in [6, 6.07) is 0.822. The van der Waals surface area contributed by atoms with Gasteiger partial charge in [-0.2, -0.15) is 13.2 Å². The lowest BCUT2D eigenvalue weighted by molar-refractivity contribution is -0.141. The topological polar surface area (TPSA) is 12.9 Å². The van der Waals surface area contributed by atoms with Gasteiger partial charge >= 0.3 is 6.18 Å². The first-order chi connectivity index (χ1) is 6.73. The molecule has 0 radical (unpaired) electrons. The van der Waals surface area contributed by atoms with Crippen LogP contribution in [0.3, 0.4) is 0 Å². The van der Waals surface area contributed by atoms with E-state index in [9.17, 15) is 22.0 Å². The van der Waals surface area contributed by atoms with Crippen LogP contribution < -0.4 is 0 Å². The molecular formula is C8H5F5IN. The molecule has 0 aliphatic heterocycles. The second-order valence-corrected chi connectivity index (χ2v) is 3.85. The van der Waals surface area contributed by atoms with Gasteiger partial charge in [0.15, 0.2) is 0 Å². The van der Waals surface area contributed by atoms with Crippen LogP contribution in [0.1, 0.15) is 23.2 Å². The highest BCUT2D eigenvalue weighted by Gasteiger charge is 2.35. The standard InChI is InChI=1S/C8H5F5IN/c1-3-2-4(6(9)10)7(14)15-5(3)8(11,12)13/h2,6H,1H3. The van der Waals surface area contributed by atoms with E-state index in [2.05, 4.69) is 4.98 Å². The molecule has 0 amide bonds. The Morgan fingerprint density at radius 1 is 1.33 bits per heavy atom. The molecule has 0 spiro atoms. The Morgan fingerprint density at radius 2 is 1.87 bits per heavy atom. The Kier molecular flexibility index (Phi) is 3.51. The van der Waals surface area contributed by atoms with Gasteiger partial charge in [0, 0.05) is 5.56 Å². The summed E-state index contributed by atoms with van der Waals surface area (Å²) in [7, 11) is 0. The molecule has 0 saturated heterocycles. The molecule has 0 aliphatic carbocycles. The highest BCUT2D eigenvalue weighted by Crippen LogP contribution is 2.33. The van der Waals surface area contributed by atoms with Crippen molar-refractivity contribution >= 4 is 22.6 Å². The molecule has 1 nitrogen and oxygen atoms in total. The second kappa shape index (κ2) is 4.18. The van der Waals surface area contributed by atoms with E-state index in [-0.39, 0.29) is 9.26 Å². The number of nitrogens with zero attached hydrogens (tertiary/aromatic N) is 1. The minimum Gasteiger partial charge on any atom is -0.237 e. The summed E-state index contributed by atoms with van der Waals surface area (Å²) in [5.74, 6) is 0. The quantitative estimate of drug-likeness (QED) is 0.430. The maximum absolute atomic E-state index is 12.3. The monoisotopic (exact) mass is 337 g/mol. The van der Waals surface area contributed by atoms with Gasteiger partial charge in [-0.15, -0.1) is 0 Å². The molecule has 1 heterocycles. The van der Waals surface area contributed by atoms with Crippen molar-refractivity contribution in [3.05, 3.63) is 26.6 Å². The molecule has 0 bridgehead atoms. The van der Waals surface area contributed by atoms with E-state index >= 15 is 0 Å². The van der Waals surface area contributed by atoms with Crippen molar-refractivity contribution in [2.24, 2.45) is 0 Å². The van der Waals surface area contributed by atoms with Crippen molar-refractivity contribution in [3.8, 4) is 0 Å².